The lowest BCUT2D eigenvalue weighted by molar-refractivity contribution is -0.354. The van der Waals surface area contributed by atoms with Crippen molar-refractivity contribution >= 4 is 11.9 Å². The molecule has 2 aromatic rings. The fraction of sp³-hybridized carbons (Fsp3) is 0.0714. The Morgan fingerprint density at radius 3 is 2.26 bits per heavy atom. The molecule has 0 saturated carbocycles. The summed E-state index contributed by atoms with van der Waals surface area (Å²) in [5.41, 5.74) is -0.212. The summed E-state index contributed by atoms with van der Waals surface area (Å²) in [4.78, 5) is 0. The quantitative estimate of drug-likeness (QED) is 0.349. The molecule has 0 atom stereocenters. The van der Waals surface area contributed by atoms with Gasteiger partial charge in [0.15, 0.2) is 6.21 Å². The SMILES string of the molecule is [O-][N+](=Cc1cccc(C(F)(F)F)c1)c1ccccc1. The van der Waals surface area contributed by atoms with Crippen LogP contribution in [0.15, 0.2) is 54.6 Å². The summed E-state index contributed by atoms with van der Waals surface area (Å²) >= 11 is 0. The van der Waals surface area contributed by atoms with E-state index in [2.05, 4.69) is 0 Å². The van der Waals surface area contributed by atoms with Gasteiger partial charge in [-0.25, -0.2) is 0 Å². The molecule has 0 aromatic heterocycles. The summed E-state index contributed by atoms with van der Waals surface area (Å²) in [5.74, 6) is 0. The average molecular weight is 265 g/mol. The number of benzene rings is 2. The van der Waals surface area contributed by atoms with Crippen molar-refractivity contribution in [3.8, 4) is 0 Å². The van der Waals surface area contributed by atoms with Crippen molar-refractivity contribution < 1.29 is 17.9 Å². The zero-order valence-corrected chi connectivity index (χ0v) is 9.76. The molecule has 0 heterocycles. The van der Waals surface area contributed by atoms with Gasteiger partial charge < -0.3 is 5.21 Å². The van der Waals surface area contributed by atoms with Crippen LogP contribution in [0.5, 0.6) is 0 Å². The molecule has 0 saturated heterocycles. The summed E-state index contributed by atoms with van der Waals surface area (Å²) in [7, 11) is 0. The lowest BCUT2D eigenvalue weighted by Gasteiger charge is -2.07. The molecule has 0 aliphatic heterocycles. The van der Waals surface area contributed by atoms with E-state index in [1.807, 2.05) is 0 Å². The van der Waals surface area contributed by atoms with Gasteiger partial charge >= 0.3 is 6.18 Å². The van der Waals surface area contributed by atoms with Crippen LogP contribution in [-0.4, -0.2) is 11.0 Å². The number of nitrogens with zero attached hydrogens (tertiary/aromatic N) is 1. The van der Waals surface area contributed by atoms with E-state index in [4.69, 9.17) is 0 Å². The Morgan fingerprint density at radius 1 is 0.947 bits per heavy atom. The first kappa shape index (κ1) is 13.1. The van der Waals surface area contributed by atoms with Crippen LogP contribution in [0.3, 0.4) is 0 Å². The molecule has 0 amide bonds. The fourth-order valence-corrected chi connectivity index (χ4v) is 1.58. The van der Waals surface area contributed by atoms with Crippen molar-refractivity contribution in [2.45, 2.75) is 6.18 Å². The summed E-state index contributed by atoms with van der Waals surface area (Å²) < 4.78 is 38.1. The maximum atomic E-state index is 12.5. The minimum absolute atomic E-state index is 0.202. The Morgan fingerprint density at radius 2 is 1.63 bits per heavy atom. The number of para-hydroxylation sites is 1. The molecule has 0 aliphatic rings. The Hall–Kier alpha value is -2.30. The molecule has 19 heavy (non-hydrogen) atoms. The zero-order valence-electron chi connectivity index (χ0n) is 9.76. The topological polar surface area (TPSA) is 26.1 Å². The predicted molar refractivity (Wildman–Crippen MR) is 66.3 cm³/mol. The van der Waals surface area contributed by atoms with Crippen LogP contribution in [0.1, 0.15) is 11.1 Å². The zero-order chi connectivity index (χ0) is 13.9. The molecule has 0 bridgehead atoms. The molecule has 0 spiro atoms. The van der Waals surface area contributed by atoms with E-state index in [1.165, 1.54) is 12.1 Å². The molecule has 2 rings (SSSR count). The summed E-state index contributed by atoms with van der Waals surface area (Å²) in [6, 6.07) is 12.9. The Balaban J connectivity index is 2.33. The van der Waals surface area contributed by atoms with E-state index in [0.29, 0.717) is 10.4 Å². The first-order chi connectivity index (χ1) is 8.97. The highest BCUT2D eigenvalue weighted by Crippen LogP contribution is 2.29. The van der Waals surface area contributed by atoms with E-state index >= 15 is 0 Å². The lowest BCUT2D eigenvalue weighted by atomic mass is 10.1. The molecule has 0 radical (unpaired) electrons. The van der Waals surface area contributed by atoms with Crippen LogP contribution in [0.25, 0.3) is 0 Å². The van der Waals surface area contributed by atoms with Crippen LogP contribution >= 0.6 is 0 Å². The van der Waals surface area contributed by atoms with Crippen molar-refractivity contribution in [2.75, 3.05) is 0 Å². The third-order valence-electron chi connectivity index (χ3n) is 2.49. The van der Waals surface area contributed by atoms with Crippen molar-refractivity contribution in [3.05, 3.63) is 70.9 Å². The summed E-state index contributed by atoms with van der Waals surface area (Å²) in [6.45, 7) is 0. The van der Waals surface area contributed by atoms with Gasteiger partial charge in [-0.3, -0.25) is 0 Å². The molecule has 2 aromatic carbocycles. The Kier molecular flexibility index (Phi) is 3.55. The molecule has 2 nitrogen and oxygen atoms in total. The van der Waals surface area contributed by atoms with Gasteiger partial charge in [0.1, 0.15) is 0 Å². The number of alkyl halides is 3. The molecule has 0 fully saturated rings. The fourth-order valence-electron chi connectivity index (χ4n) is 1.58. The molecule has 0 aliphatic carbocycles. The Labute approximate surface area is 108 Å². The molecule has 98 valence electrons. The summed E-state index contributed by atoms with van der Waals surface area (Å²) in [5, 5.41) is 11.8. The highest BCUT2D eigenvalue weighted by Gasteiger charge is 2.30. The molecule has 5 heteroatoms. The Bertz CT molecular complexity index is 591. The average Bonchev–Trinajstić information content (AvgIpc) is 2.39. The van der Waals surface area contributed by atoms with Gasteiger partial charge in [0.2, 0.25) is 5.69 Å². The van der Waals surface area contributed by atoms with E-state index < -0.39 is 11.7 Å². The smallest absolute Gasteiger partial charge is 0.416 e. The minimum atomic E-state index is -4.41. The monoisotopic (exact) mass is 265 g/mol. The van der Waals surface area contributed by atoms with Crippen molar-refractivity contribution in [1.82, 2.24) is 0 Å². The third-order valence-corrected chi connectivity index (χ3v) is 2.49. The second kappa shape index (κ2) is 5.14. The molecular weight excluding hydrogens is 255 g/mol. The number of hydrogen-bond acceptors (Lipinski definition) is 1. The predicted octanol–water partition coefficient (Wildman–Crippen LogP) is 3.97. The third kappa shape index (κ3) is 3.34. The van der Waals surface area contributed by atoms with E-state index in [-0.39, 0.29) is 5.56 Å². The largest absolute Gasteiger partial charge is 0.618 e. The first-order valence-corrected chi connectivity index (χ1v) is 5.50. The van der Waals surface area contributed by atoms with Crippen molar-refractivity contribution in [1.29, 1.82) is 0 Å². The van der Waals surface area contributed by atoms with Crippen molar-refractivity contribution in [3.63, 3.8) is 0 Å². The minimum Gasteiger partial charge on any atom is -0.618 e. The standard InChI is InChI=1S/C14H10F3NO/c15-14(16,17)12-6-4-5-11(9-12)10-18(19)13-7-2-1-3-8-13/h1-10H. The van der Waals surface area contributed by atoms with Gasteiger partial charge in [-0.1, -0.05) is 24.3 Å². The normalized spacial score (nSPS) is 12.5. The highest BCUT2D eigenvalue weighted by atomic mass is 19.4. The second-order valence-corrected chi connectivity index (χ2v) is 3.91. The molecular formula is C14H10F3NO. The number of hydrogen-bond donors (Lipinski definition) is 0. The van der Waals surface area contributed by atoms with Gasteiger partial charge in [0.25, 0.3) is 0 Å². The van der Waals surface area contributed by atoms with Crippen LogP contribution < -0.4 is 0 Å². The van der Waals surface area contributed by atoms with Crippen LogP contribution in [0.2, 0.25) is 0 Å². The lowest BCUT2D eigenvalue weighted by Crippen LogP contribution is -2.06. The van der Waals surface area contributed by atoms with E-state index in [1.54, 1.807) is 30.3 Å². The number of halogens is 3. The van der Waals surface area contributed by atoms with Crippen molar-refractivity contribution in [2.24, 2.45) is 0 Å². The van der Waals surface area contributed by atoms with Gasteiger partial charge in [-0.05, 0) is 18.2 Å². The van der Waals surface area contributed by atoms with Gasteiger partial charge in [-0.15, -0.1) is 0 Å². The highest BCUT2D eigenvalue weighted by molar-refractivity contribution is 5.77. The van der Waals surface area contributed by atoms with Gasteiger partial charge in [0.05, 0.1) is 5.56 Å². The van der Waals surface area contributed by atoms with Gasteiger partial charge in [-0.2, -0.15) is 17.9 Å². The van der Waals surface area contributed by atoms with Crippen LogP contribution in [0, 0.1) is 5.21 Å². The number of rotatable bonds is 2. The van der Waals surface area contributed by atoms with Crippen LogP contribution in [-0.2, 0) is 6.18 Å². The first-order valence-electron chi connectivity index (χ1n) is 5.50. The van der Waals surface area contributed by atoms with E-state index in [0.717, 1.165) is 18.3 Å². The maximum Gasteiger partial charge on any atom is 0.416 e. The van der Waals surface area contributed by atoms with Gasteiger partial charge in [0, 0.05) is 17.7 Å². The summed E-state index contributed by atoms with van der Waals surface area (Å²) in [6.07, 6.45) is -3.30. The maximum absolute atomic E-state index is 12.5. The van der Waals surface area contributed by atoms with E-state index in [9.17, 15) is 18.4 Å². The molecule has 0 N–H and O–H groups in total. The molecule has 0 unspecified atom stereocenters. The second-order valence-electron chi connectivity index (χ2n) is 3.91. The van der Waals surface area contributed by atoms with Crippen LogP contribution in [0.4, 0.5) is 18.9 Å².